The molecule has 5 heteroatoms. The van der Waals surface area contributed by atoms with Crippen molar-refractivity contribution in [1.82, 2.24) is 0 Å². The minimum absolute atomic E-state index is 0.728. The Morgan fingerprint density at radius 1 is 0.609 bits per heavy atom. The fourth-order valence-electron chi connectivity index (χ4n) is 2.92. The Bertz CT molecular complexity index is 624. The molecule has 0 aromatic heterocycles. The molecule has 0 amide bonds. The van der Waals surface area contributed by atoms with Crippen LogP contribution in [-0.2, 0) is 8.23 Å². The maximum absolute atomic E-state index is 6.63. The van der Waals surface area contributed by atoms with E-state index in [0.717, 1.165) is 10.5 Å². The van der Waals surface area contributed by atoms with E-state index in [1.54, 1.807) is 0 Å². The Balaban J connectivity index is 2.25. The van der Waals surface area contributed by atoms with Gasteiger partial charge in [-0.25, -0.2) is 0 Å². The van der Waals surface area contributed by atoms with Crippen molar-refractivity contribution in [2.45, 2.75) is 0 Å². The highest BCUT2D eigenvalue weighted by molar-refractivity contribution is 7.08. The molecular formula is C18H20O2Si3. The standard InChI is InChI=1S/C18H20O2Si3/c21-19-22-20-23(16-10-4-1-5-11-16,17-12-6-2-7-13-17)18-14-8-3-9-15-18/h1-15H,22H2,21H3. The van der Waals surface area contributed by atoms with E-state index in [0.29, 0.717) is 0 Å². The zero-order valence-electron chi connectivity index (χ0n) is 13.2. The van der Waals surface area contributed by atoms with Gasteiger partial charge in [0.25, 0.3) is 18.3 Å². The summed E-state index contributed by atoms with van der Waals surface area (Å²) in [6.07, 6.45) is 0. The average Bonchev–Trinajstić information content (AvgIpc) is 2.65. The predicted molar refractivity (Wildman–Crippen MR) is 105 cm³/mol. The first-order valence-corrected chi connectivity index (χ1v) is 11.6. The highest BCUT2D eigenvalue weighted by atomic mass is 28.4. The lowest BCUT2D eigenvalue weighted by Crippen LogP contribution is -2.69. The van der Waals surface area contributed by atoms with E-state index >= 15 is 0 Å². The second-order valence-corrected chi connectivity index (χ2v) is 12.1. The molecule has 0 aliphatic rings. The molecule has 0 heterocycles. The maximum atomic E-state index is 6.63. The van der Waals surface area contributed by atoms with Crippen LogP contribution in [0, 0.1) is 0 Å². The molecule has 0 saturated heterocycles. The third-order valence-corrected chi connectivity index (χ3v) is 10.5. The van der Waals surface area contributed by atoms with Gasteiger partial charge in [0.05, 0.1) is 0 Å². The Labute approximate surface area is 143 Å². The minimum Gasteiger partial charge on any atom is -0.449 e. The highest BCUT2D eigenvalue weighted by Crippen LogP contribution is 2.09. The van der Waals surface area contributed by atoms with Crippen molar-refractivity contribution in [3.8, 4) is 0 Å². The smallest absolute Gasteiger partial charge is 0.283 e. The van der Waals surface area contributed by atoms with Crippen LogP contribution in [0.4, 0.5) is 0 Å². The van der Waals surface area contributed by atoms with Crippen LogP contribution in [-0.4, -0.2) is 28.8 Å². The van der Waals surface area contributed by atoms with E-state index in [1.807, 2.05) is 0 Å². The van der Waals surface area contributed by atoms with Crippen LogP contribution in [0.5, 0.6) is 0 Å². The SMILES string of the molecule is [SiH3]O[SiH2]O[Si](c1ccccc1)(c1ccccc1)c1ccccc1. The highest BCUT2D eigenvalue weighted by Gasteiger charge is 2.41. The van der Waals surface area contributed by atoms with Crippen molar-refractivity contribution in [3.63, 3.8) is 0 Å². The molecule has 0 bridgehead atoms. The van der Waals surface area contributed by atoms with E-state index < -0.39 is 18.3 Å². The summed E-state index contributed by atoms with van der Waals surface area (Å²) in [6.45, 7) is 0. The Kier molecular flexibility index (Phi) is 5.37. The monoisotopic (exact) mass is 352 g/mol. The average molecular weight is 353 g/mol. The molecule has 0 atom stereocenters. The molecule has 0 spiro atoms. The predicted octanol–water partition coefficient (Wildman–Crippen LogP) is -0.0341. The van der Waals surface area contributed by atoms with E-state index in [-0.39, 0.29) is 0 Å². The van der Waals surface area contributed by atoms with Crippen molar-refractivity contribution in [2.75, 3.05) is 0 Å². The van der Waals surface area contributed by atoms with Gasteiger partial charge in [0.15, 0.2) is 0 Å². The second kappa shape index (κ2) is 7.67. The zero-order valence-corrected chi connectivity index (χ0v) is 17.6. The molecule has 3 aromatic carbocycles. The first kappa shape index (κ1) is 16.1. The van der Waals surface area contributed by atoms with Gasteiger partial charge >= 0.3 is 0 Å². The van der Waals surface area contributed by atoms with Crippen LogP contribution < -0.4 is 15.6 Å². The molecule has 2 nitrogen and oxygen atoms in total. The molecule has 0 fully saturated rings. The van der Waals surface area contributed by atoms with Gasteiger partial charge in [0.2, 0.25) is 0 Å². The molecule has 23 heavy (non-hydrogen) atoms. The quantitative estimate of drug-likeness (QED) is 0.458. The normalized spacial score (nSPS) is 12.0. The molecule has 0 aliphatic heterocycles. The summed E-state index contributed by atoms with van der Waals surface area (Å²) in [4.78, 5) is 0. The van der Waals surface area contributed by atoms with Gasteiger partial charge in [0.1, 0.15) is 10.5 Å². The van der Waals surface area contributed by atoms with Crippen molar-refractivity contribution in [1.29, 1.82) is 0 Å². The van der Waals surface area contributed by atoms with Crippen LogP contribution in [0.3, 0.4) is 0 Å². The van der Waals surface area contributed by atoms with Gasteiger partial charge < -0.3 is 8.23 Å². The Morgan fingerprint density at radius 2 is 0.957 bits per heavy atom. The number of benzene rings is 3. The molecule has 0 saturated carbocycles. The zero-order chi connectivity index (χ0) is 16.0. The maximum Gasteiger partial charge on any atom is 0.283 e. The van der Waals surface area contributed by atoms with Gasteiger partial charge in [-0.05, 0) is 15.6 Å². The van der Waals surface area contributed by atoms with E-state index in [2.05, 4.69) is 91.0 Å². The minimum atomic E-state index is -2.49. The van der Waals surface area contributed by atoms with E-state index in [1.165, 1.54) is 15.6 Å². The summed E-state index contributed by atoms with van der Waals surface area (Å²) in [7, 11) is -2.75. The van der Waals surface area contributed by atoms with Crippen molar-refractivity contribution in [3.05, 3.63) is 91.0 Å². The molecule has 0 radical (unpaired) electrons. The van der Waals surface area contributed by atoms with Crippen LogP contribution >= 0.6 is 0 Å². The lowest BCUT2D eigenvalue weighted by molar-refractivity contribution is 0.493. The first-order chi connectivity index (χ1) is 11.4. The second-order valence-electron chi connectivity index (χ2n) is 5.33. The van der Waals surface area contributed by atoms with Crippen molar-refractivity contribution >= 4 is 44.4 Å². The number of hydrogen-bond acceptors (Lipinski definition) is 2. The molecule has 116 valence electrons. The third kappa shape index (κ3) is 3.29. The summed E-state index contributed by atoms with van der Waals surface area (Å²) >= 11 is 0. The van der Waals surface area contributed by atoms with Gasteiger partial charge in [-0.3, -0.25) is 0 Å². The summed E-state index contributed by atoms with van der Waals surface area (Å²) < 4.78 is 12.2. The van der Waals surface area contributed by atoms with Gasteiger partial charge in [-0.2, -0.15) is 0 Å². The van der Waals surface area contributed by atoms with Crippen molar-refractivity contribution < 1.29 is 8.23 Å². The summed E-state index contributed by atoms with van der Waals surface area (Å²) in [5.41, 5.74) is 0. The summed E-state index contributed by atoms with van der Waals surface area (Å²) in [5.74, 6) is 0. The van der Waals surface area contributed by atoms with Crippen LogP contribution in [0.25, 0.3) is 0 Å². The van der Waals surface area contributed by atoms with Crippen molar-refractivity contribution in [2.24, 2.45) is 0 Å². The Morgan fingerprint density at radius 3 is 1.26 bits per heavy atom. The molecule has 0 unspecified atom stereocenters. The number of hydrogen-bond donors (Lipinski definition) is 0. The molecule has 3 aromatic rings. The lowest BCUT2D eigenvalue weighted by Gasteiger charge is -2.33. The van der Waals surface area contributed by atoms with E-state index in [4.69, 9.17) is 8.23 Å². The summed E-state index contributed by atoms with van der Waals surface area (Å²) in [5, 5.41) is 3.80. The fourth-order valence-corrected chi connectivity index (χ4v) is 10.1. The molecule has 0 aliphatic carbocycles. The fraction of sp³-hybridized carbons (Fsp3) is 0. The third-order valence-electron chi connectivity index (χ3n) is 3.93. The van der Waals surface area contributed by atoms with Gasteiger partial charge in [0, 0.05) is 0 Å². The largest absolute Gasteiger partial charge is 0.449 e. The molecule has 3 rings (SSSR count). The Hall–Kier alpha value is -1.77. The van der Waals surface area contributed by atoms with Gasteiger partial charge in [-0.15, -0.1) is 0 Å². The van der Waals surface area contributed by atoms with Gasteiger partial charge in [-0.1, -0.05) is 91.0 Å². The summed E-state index contributed by atoms with van der Waals surface area (Å²) in [6, 6.07) is 31.8. The van der Waals surface area contributed by atoms with Crippen LogP contribution in [0.1, 0.15) is 0 Å². The van der Waals surface area contributed by atoms with Crippen LogP contribution in [0.2, 0.25) is 0 Å². The molecule has 0 N–H and O–H groups in total. The lowest BCUT2D eigenvalue weighted by atomic mass is 10.3. The molecular weight excluding hydrogens is 332 g/mol. The number of rotatable bonds is 6. The van der Waals surface area contributed by atoms with E-state index in [9.17, 15) is 0 Å². The first-order valence-electron chi connectivity index (χ1n) is 7.67. The van der Waals surface area contributed by atoms with Crippen LogP contribution in [0.15, 0.2) is 91.0 Å². The topological polar surface area (TPSA) is 18.5 Å².